The van der Waals surface area contributed by atoms with Crippen LogP contribution < -0.4 is 5.32 Å². The summed E-state index contributed by atoms with van der Waals surface area (Å²) in [5, 5.41) is 29.8. The zero-order valence-electron chi connectivity index (χ0n) is 9.52. The number of halogens is 1. The number of anilines is 1. The van der Waals surface area contributed by atoms with Crippen LogP contribution in [0.5, 0.6) is 0 Å². The first-order valence-corrected chi connectivity index (χ1v) is 5.22. The maximum atomic E-state index is 13.8. The molecule has 1 rings (SSSR count). The number of hydrogen-bond acceptors (Lipinski definition) is 6. The Morgan fingerprint density at radius 2 is 1.82 bits per heavy atom. The fraction of sp³-hybridized carbons (Fsp3) is 0.600. The molecule has 6 nitrogen and oxygen atoms in total. The van der Waals surface area contributed by atoms with E-state index in [1.54, 1.807) is 6.92 Å². The van der Waals surface area contributed by atoms with Gasteiger partial charge < -0.3 is 20.6 Å². The molecular formula is C10H16FN3O3. The topological polar surface area (TPSA) is 98.5 Å². The minimum Gasteiger partial charge on any atom is -0.394 e. The standard InChI is InChI=1S/C10H16FN3O3/c1-2-7-8(11)9(13-6-12-7)14-10(3-15,4-16)5-17/h6,15-17H,2-5H2,1H3,(H,12,13,14). The molecule has 0 amide bonds. The van der Waals surface area contributed by atoms with Gasteiger partial charge in [-0.05, 0) is 6.42 Å². The van der Waals surface area contributed by atoms with E-state index in [1.165, 1.54) is 6.33 Å². The number of aliphatic hydroxyl groups excluding tert-OH is 3. The molecule has 1 aromatic heterocycles. The smallest absolute Gasteiger partial charge is 0.186 e. The van der Waals surface area contributed by atoms with E-state index in [9.17, 15) is 4.39 Å². The van der Waals surface area contributed by atoms with E-state index in [-0.39, 0.29) is 11.5 Å². The Bertz CT molecular complexity index is 364. The van der Waals surface area contributed by atoms with Gasteiger partial charge in [0.1, 0.15) is 11.9 Å². The second-order valence-electron chi connectivity index (χ2n) is 3.72. The van der Waals surface area contributed by atoms with Crippen LogP contribution in [0, 0.1) is 5.82 Å². The van der Waals surface area contributed by atoms with Crippen molar-refractivity contribution in [1.29, 1.82) is 0 Å². The van der Waals surface area contributed by atoms with Crippen molar-refractivity contribution in [2.24, 2.45) is 0 Å². The highest BCUT2D eigenvalue weighted by atomic mass is 19.1. The van der Waals surface area contributed by atoms with E-state index in [0.29, 0.717) is 6.42 Å². The first-order chi connectivity index (χ1) is 8.12. The summed E-state index contributed by atoms with van der Waals surface area (Å²) in [5.74, 6) is -0.788. The quantitative estimate of drug-likeness (QED) is 0.529. The molecule has 4 N–H and O–H groups in total. The lowest BCUT2D eigenvalue weighted by molar-refractivity contribution is 0.0828. The lowest BCUT2D eigenvalue weighted by Gasteiger charge is -2.29. The van der Waals surface area contributed by atoms with E-state index in [2.05, 4.69) is 15.3 Å². The lowest BCUT2D eigenvalue weighted by atomic mass is 10.0. The summed E-state index contributed by atoms with van der Waals surface area (Å²) >= 11 is 0. The van der Waals surface area contributed by atoms with Crippen LogP contribution in [-0.4, -0.2) is 50.6 Å². The highest BCUT2D eigenvalue weighted by molar-refractivity contribution is 5.40. The summed E-state index contributed by atoms with van der Waals surface area (Å²) < 4.78 is 13.8. The van der Waals surface area contributed by atoms with Gasteiger partial charge in [-0.3, -0.25) is 0 Å². The predicted octanol–water partition coefficient (Wildman–Crippen LogP) is -0.694. The first-order valence-electron chi connectivity index (χ1n) is 5.22. The Morgan fingerprint density at radius 3 is 2.29 bits per heavy atom. The van der Waals surface area contributed by atoms with Crippen molar-refractivity contribution < 1.29 is 19.7 Å². The van der Waals surface area contributed by atoms with Crippen LogP contribution in [0.2, 0.25) is 0 Å². The summed E-state index contributed by atoms with van der Waals surface area (Å²) in [4.78, 5) is 7.44. The van der Waals surface area contributed by atoms with Gasteiger partial charge in [-0.1, -0.05) is 6.92 Å². The van der Waals surface area contributed by atoms with Crippen LogP contribution in [0.4, 0.5) is 10.2 Å². The van der Waals surface area contributed by atoms with E-state index in [4.69, 9.17) is 15.3 Å². The number of nitrogens with one attached hydrogen (secondary N) is 1. The third kappa shape index (κ3) is 2.87. The molecule has 0 aromatic carbocycles. The zero-order valence-corrected chi connectivity index (χ0v) is 9.52. The van der Waals surface area contributed by atoms with Gasteiger partial charge in [0.05, 0.1) is 25.5 Å². The summed E-state index contributed by atoms with van der Waals surface area (Å²) in [6, 6.07) is 0. The Balaban J connectivity index is 3.01. The van der Waals surface area contributed by atoms with Crippen LogP contribution in [0.25, 0.3) is 0 Å². The monoisotopic (exact) mass is 245 g/mol. The van der Waals surface area contributed by atoms with Gasteiger partial charge >= 0.3 is 0 Å². The molecule has 0 unspecified atom stereocenters. The summed E-state index contributed by atoms with van der Waals surface area (Å²) in [6.45, 7) is 0.0906. The summed E-state index contributed by atoms with van der Waals surface area (Å²) in [6.07, 6.45) is 1.58. The molecular weight excluding hydrogens is 229 g/mol. The van der Waals surface area contributed by atoms with Crippen molar-refractivity contribution >= 4 is 5.82 Å². The molecule has 0 atom stereocenters. The van der Waals surface area contributed by atoms with Gasteiger partial charge in [-0.25, -0.2) is 14.4 Å². The molecule has 0 aliphatic rings. The molecule has 1 aromatic rings. The predicted molar refractivity (Wildman–Crippen MR) is 59.0 cm³/mol. The average Bonchev–Trinajstić information content (AvgIpc) is 2.38. The molecule has 0 aliphatic heterocycles. The number of hydrogen-bond donors (Lipinski definition) is 4. The Hall–Kier alpha value is -1.31. The number of nitrogens with zero attached hydrogens (tertiary/aromatic N) is 2. The lowest BCUT2D eigenvalue weighted by Crippen LogP contribution is -2.49. The van der Waals surface area contributed by atoms with E-state index < -0.39 is 31.2 Å². The number of aliphatic hydroxyl groups is 3. The molecule has 7 heteroatoms. The van der Waals surface area contributed by atoms with Crippen LogP contribution in [-0.2, 0) is 6.42 Å². The number of aryl methyl sites for hydroxylation is 1. The van der Waals surface area contributed by atoms with Gasteiger partial charge in [0, 0.05) is 0 Å². The maximum absolute atomic E-state index is 13.8. The second kappa shape index (κ2) is 5.85. The second-order valence-corrected chi connectivity index (χ2v) is 3.72. The van der Waals surface area contributed by atoms with E-state index in [0.717, 1.165) is 0 Å². The minimum absolute atomic E-state index is 0.144. The third-order valence-electron chi connectivity index (χ3n) is 2.49. The van der Waals surface area contributed by atoms with E-state index >= 15 is 0 Å². The minimum atomic E-state index is -1.40. The van der Waals surface area contributed by atoms with Gasteiger partial charge in [-0.15, -0.1) is 0 Å². The summed E-state index contributed by atoms with van der Waals surface area (Å²) in [7, 11) is 0. The Kier molecular flexibility index (Phi) is 4.73. The van der Waals surface area contributed by atoms with Crippen LogP contribution in [0.15, 0.2) is 6.33 Å². The van der Waals surface area contributed by atoms with Crippen molar-refractivity contribution in [3.63, 3.8) is 0 Å². The Labute approximate surface area is 98.2 Å². The third-order valence-corrected chi connectivity index (χ3v) is 2.49. The van der Waals surface area contributed by atoms with Crippen molar-refractivity contribution in [1.82, 2.24) is 9.97 Å². The van der Waals surface area contributed by atoms with Gasteiger partial charge in [-0.2, -0.15) is 0 Å². The molecule has 0 spiro atoms. The van der Waals surface area contributed by atoms with Crippen molar-refractivity contribution in [3.8, 4) is 0 Å². The molecule has 96 valence electrons. The highest BCUT2D eigenvalue weighted by Crippen LogP contribution is 2.18. The fourth-order valence-corrected chi connectivity index (χ4v) is 1.26. The van der Waals surface area contributed by atoms with Crippen molar-refractivity contribution in [2.75, 3.05) is 25.1 Å². The molecule has 0 radical (unpaired) electrons. The first kappa shape index (κ1) is 13.8. The number of rotatable bonds is 6. The molecule has 0 saturated heterocycles. The van der Waals surface area contributed by atoms with Gasteiger partial charge in [0.2, 0.25) is 0 Å². The van der Waals surface area contributed by atoms with Crippen molar-refractivity contribution in [2.45, 2.75) is 18.9 Å². The zero-order chi connectivity index (χ0) is 12.9. The normalized spacial score (nSPS) is 11.6. The van der Waals surface area contributed by atoms with Crippen LogP contribution >= 0.6 is 0 Å². The van der Waals surface area contributed by atoms with Crippen LogP contribution in [0.1, 0.15) is 12.6 Å². The SMILES string of the molecule is CCc1ncnc(NC(CO)(CO)CO)c1F. The van der Waals surface area contributed by atoms with Gasteiger partial charge in [0.25, 0.3) is 0 Å². The average molecular weight is 245 g/mol. The molecule has 0 bridgehead atoms. The maximum Gasteiger partial charge on any atom is 0.186 e. The molecule has 17 heavy (non-hydrogen) atoms. The Morgan fingerprint density at radius 1 is 1.24 bits per heavy atom. The highest BCUT2D eigenvalue weighted by Gasteiger charge is 2.29. The van der Waals surface area contributed by atoms with Crippen molar-refractivity contribution in [3.05, 3.63) is 17.8 Å². The van der Waals surface area contributed by atoms with E-state index in [1.807, 2.05) is 0 Å². The summed E-state index contributed by atoms with van der Waals surface area (Å²) in [5.41, 5.74) is -1.18. The fourth-order valence-electron chi connectivity index (χ4n) is 1.26. The molecule has 0 saturated carbocycles. The molecule has 1 heterocycles. The number of aromatic nitrogens is 2. The largest absolute Gasteiger partial charge is 0.394 e. The van der Waals surface area contributed by atoms with Gasteiger partial charge in [0.15, 0.2) is 11.6 Å². The molecule has 0 fully saturated rings. The van der Waals surface area contributed by atoms with Crippen LogP contribution in [0.3, 0.4) is 0 Å². The molecule has 0 aliphatic carbocycles.